The molecule has 2 aromatic carbocycles. The van der Waals surface area contributed by atoms with Crippen molar-refractivity contribution in [2.24, 2.45) is 0 Å². The number of carbonyl (C=O) groups is 1. The number of aromatic nitrogens is 3. The van der Waals surface area contributed by atoms with Crippen molar-refractivity contribution in [3.8, 4) is 5.69 Å². The maximum Gasteiger partial charge on any atom is 0.251 e. The third kappa shape index (κ3) is 3.07. The van der Waals surface area contributed by atoms with E-state index in [4.69, 9.17) is 0 Å². The Morgan fingerprint density at radius 3 is 2.50 bits per heavy atom. The maximum atomic E-state index is 12.5. The Bertz CT molecular complexity index is 1040. The van der Waals surface area contributed by atoms with Gasteiger partial charge in [0.1, 0.15) is 6.33 Å². The van der Waals surface area contributed by atoms with Crippen LogP contribution in [0, 0.1) is 0 Å². The molecule has 2 heterocycles. The molecule has 1 N–H and O–H groups in total. The molecule has 5 heteroatoms. The van der Waals surface area contributed by atoms with Gasteiger partial charge in [-0.25, -0.2) is 4.98 Å². The zero-order chi connectivity index (χ0) is 17.9. The van der Waals surface area contributed by atoms with Crippen molar-refractivity contribution in [1.29, 1.82) is 0 Å². The Balaban J connectivity index is 1.53. The molecule has 5 nitrogen and oxygen atoms in total. The van der Waals surface area contributed by atoms with Crippen LogP contribution in [0.5, 0.6) is 0 Å². The highest BCUT2D eigenvalue weighted by molar-refractivity contribution is 5.94. The molecular formula is C21H18N4O. The van der Waals surface area contributed by atoms with E-state index in [0.29, 0.717) is 5.56 Å². The Kier molecular flexibility index (Phi) is 4.19. The number of carbonyl (C=O) groups excluding carboxylic acids is 1. The standard InChI is InChI=1S/C21H18N4O/c1-15(18-6-4-5-13-22-18)24-21(26)16-9-11-17(12-10-16)25-14-23-19-7-2-3-8-20(19)25/h2-15H,1H3,(H,24,26). The molecule has 26 heavy (non-hydrogen) atoms. The van der Waals surface area contributed by atoms with Crippen molar-refractivity contribution in [1.82, 2.24) is 19.9 Å². The Morgan fingerprint density at radius 1 is 0.962 bits per heavy atom. The third-order valence-electron chi connectivity index (χ3n) is 4.34. The molecule has 0 fully saturated rings. The molecule has 0 spiro atoms. The molecule has 0 bridgehead atoms. The van der Waals surface area contributed by atoms with E-state index in [9.17, 15) is 4.79 Å². The van der Waals surface area contributed by atoms with Gasteiger partial charge in [-0.3, -0.25) is 14.3 Å². The molecule has 4 rings (SSSR count). The second-order valence-corrected chi connectivity index (χ2v) is 6.10. The van der Waals surface area contributed by atoms with Crippen molar-refractivity contribution in [2.75, 3.05) is 0 Å². The topological polar surface area (TPSA) is 59.8 Å². The average molecular weight is 342 g/mol. The van der Waals surface area contributed by atoms with Crippen LogP contribution in [-0.4, -0.2) is 20.4 Å². The second-order valence-electron chi connectivity index (χ2n) is 6.10. The summed E-state index contributed by atoms with van der Waals surface area (Å²) in [5.41, 5.74) is 4.39. The van der Waals surface area contributed by atoms with Gasteiger partial charge < -0.3 is 5.32 Å². The van der Waals surface area contributed by atoms with E-state index in [-0.39, 0.29) is 11.9 Å². The fraction of sp³-hybridized carbons (Fsp3) is 0.0952. The lowest BCUT2D eigenvalue weighted by atomic mass is 10.1. The van der Waals surface area contributed by atoms with Crippen molar-refractivity contribution in [2.45, 2.75) is 13.0 Å². The van der Waals surface area contributed by atoms with Crippen LogP contribution in [0.25, 0.3) is 16.7 Å². The third-order valence-corrected chi connectivity index (χ3v) is 4.34. The van der Waals surface area contributed by atoms with Crippen LogP contribution in [0.1, 0.15) is 29.0 Å². The van der Waals surface area contributed by atoms with Gasteiger partial charge in [-0.05, 0) is 55.5 Å². The SMILES string of the molecule is CC(NC(=O)c1ccc(-n2cnc3ccccc32)cc1)c1ccccn1. The molecule has 128 valence electrons. The fourth-order valence-electron chi connectivity index (χ4n) is 2.92. The number of hydrogen-bond acceptors (Lipinski definition) is 3. The summed E-state index contributed by atoms with van der Waals surface area (Å²) in [7, 11) is 0. The number of fused-ring (bicyclic) bond motifs is 1. The van der Waals surface area contributed by atoms with E-state index in [0.717, 1.165) is 22.4 Å². The van der Waals surface area contributed by atoms with Gasteiger partial charge in [0.05, 0.1) is 22.8 Å². The van der Waals surface area contributed by atoms with Crippen LogP contribution in [0.4, 0.5) is 0 Å². The summed E-state index contributed by atoms with van der Waals surface area (Å²) >= 11 is 0. The van der Waals surface area contributed by atoms with Gasteiger partial charge >= 0.3 is 0 Å². The minimum Gasteiger partial charge on any atom is -0.344 e. The first-order valence-electron chi connectivity index (χ1n) is 8.47. The second kappa shape index (κ2) is 6.80. The highest BCUT2D eigenvalue weighted by Crippen LogP contribution is 2.18. The van der Waals surface area contributed by atoms with E-state index in [2.05, 4.69) is 15.3 Å². The first-order valence-corrected chi connectivity index (χ1v) is 8.47. The zero-order valence-corrected chi connectivity index (χ0v) is 14.3. The highest BCUT2D eigenvalue weighted by Gasteiger charge is 2.12. The van der Waals surface area contributed by atoms with Gasteiger partial charge in [-0.15, -0.1) is 0 Å². The van der Waals surface area contributed by atoms with Crippen LogP contribution in [0.15, 0.2) is 79.3 Å². The summed E-state index contributed by atoms with van der Waals surface area (Å²) in [4.78, 5) is 21.2. The van der Waals surface area contributed by atoms with Gasteiger partial charge in [-0.1, -0.05) is 18.2 Å². The first kappa shape index (κ1) is 16.0. The van der Waals surface area contributed by atoms with Gasteiger partial charge in [-0.2, -0.15) is 0 Å². The quantitative estimate of drug-likeness (QED) is 0.612. The predicted octanol–water partition coefficient (Wildman–Crippen LogP) is 3.91. The Morgan fingerprint density at radius 2 is 1.73 bits per heavy atom. The summed E-state index contributed by atoms with van der Waals surface area (Å²) < 4.78 is 2.01. The number of imidazole rings is 1. The van der Waals surface area contributed by atoms with E-state index in [1.165, 1.54) is 0 Å². The number of para-hydroxylation sites is 2. The average Bonchev–Trinajstić information content (AvgIpc) is 3.13. The van der Waals surface area contributed by atoms with E-state index in [1.54, 1.807) is 12.5 Å². The molecule has 0 aliphatic rings. The van der Waals surface area contributed by atoms with Gasteiger partial charge in [0.25, 0.3) is 5.91 Å². The number of amides is 1. The molecule has 0 saturated heterocycles. The van der Waals surface area contributed by atoms with Crippen LogP contribution in [0.3, 0.4) is 0 Å². The molecule has 1 unspecified atom stereocenters. The summed E-state index contributed by atoms with van der Waals surface area (Å²) in [5, 5.41) is 2.98. The van der Waals surface area contributed by atoms with E-state index < -0.39 is 0 Å². The summed E-state index contributed by atoms with van der Waals surface area (Å²) in [6.07, 6.45) is 3.52. The number of pyridine rings is 1. The van der Waals surface area contributed by atoms with Crippen molar-refractivity contribution in [3.63, 3.8) is 0 Å². The van der Waals surface area contributed by atoms with Crippen LogP contribution in [-0.2, 0) is 0 Å². The normalized spacial score (nSPS) is 12.0. The fourth-order valence-corrected chi connectivity index (χ4v) is 2.92. The molecule has 0 radical (unpaired) electrons. The van der Waals surface area contributed by atoms with Gasteiger partial charge in [0, 0.05) is 17.4 Å². The lowest BCUT2D eigenvalue weighted by molar-refractivity contribution is 0.0939. The Labute approximate surface area is 151 Å². The largest absolute Gasteiger partial charge is 0.344 e. The number of hydrogen-bond donors (Lipinski definition) is 1. The zero-order valence-electron chi connectivity index (χ0n) is 14.3. The maximum absolute atomic E-state index is 12.5. The van der Waals surface area contributed by atoms with E-state index in [1.807, 2.05) is 78.2 Å². The molecular weight excluding hydrogens is 324 g/mol. The lowest BCUT2D eigenvalue weighted by Crippen LogP contribution is -2.27. The molecule has 4 aromatic rings. The summed E-state index contributed by atoms with van der Waals surface area (Å²) in [6.45, 7) is 1.92. The molecule has 2 aromatic heterocycles. The van der Waals surface area contributed by atoms with Crippen molar-refractivity contribution >= 4 is 16.9 Å². The number of nitrogens with zero attached hydrogens (tertiary/aromatic N) is 3. The van der Waals surface area contributed by atoms with E-state index >= 15 is 0 Å². The Hall–Kier alpha value is -3.47. The minimum absolute atomic E-state index is 0.120. The number of benzene rings is 2. The summed E-state index contributed by atoms with van der Waals surface area (Å²) in [5.74, 6) is -0.120. The van der Waals surface area contributed by atoms with Crippen molar-refractivity contribution < 1.29 is 4.79 Å². The first-order chi connectivity index (χ1) is 12.7. The minimum atomic E-state index is -0.152. The molecule has 0 saturated carbocycles. The molecule has 1 atom stereocenters. The molecule has 1 amide bonds. The number of nitrogens with one attached hydrogen (secondary N) is 1. The number of rotatable bonds is 4. The van der Waals surface area contributed by atoms with Crippen LogP contribution < -0.4 is 5.32 Å². The summed E-state index contributed by atoms with van der Waals surface area (Å²) in [6, 6.07) is 21.0. The lowest BCUT2D eigenvalue weighted by Gasteiger charge is -2.13. The molecule has 0 aliphatic carbocycles. The smallest absolute Gasteiger partial charge is 0.251 e. The monoisotopic (exact) mass is 342 g/mol. The van der Waals surface area contributed by atoms with Crippen molar-refractivity contribution in [3.05, 3.63) is 90.5 Å². The van der Waals surface area contributed by atoms with Gasteiger partial charge in [0.15, 0.2) is 0 Å². The van der Waals surface area contributed by atoms with Gasteiger partial charge in [0.2, 0.25) is 0 Å². The predicted molar refractivity (Wildman–Crippen MR) is 101 cm³/mol. The molecule has 0 aliphatic heterocycles. The van der Waals surface area contributed by atoms with Crippen LogP contribution in [0.2, 0.25) is 0 Å². The highest BCUT2D eigenvalue weighted by atomic mass is 16.1. The van der Waals surface area contributed by atoms with Crippen LogP contribution >= 0.6 is 0 Å².